The average molecular weight is 293 g/mol. The van der Waals surface area contributed by atoms with Crippen LogP contribution >= 0.6 is 22.9 Å². The molecule has 0 unspecified atom stereocenters. The molecule has 0 N–H and O–H groups in total. The normalized spacial score (nSPS) is 34.2. The zero-order valence-electron chi connectivity index (χ0n) is 8.56. The predicted molar refractivity (Wildman–Crippen MR) is 64.9 cm³/mol. The van der Waals surface area contributed by atoms with Crippen molar-refractivity contribution < 1.29 is 0 Å². The van der Waals surface area contributed by atoms with E-state index in [0.717, 1.165) is 5.92 Å². The van der Waals surface area contributed by atoms with Crippen molar-refractivity contribution in [2.75, 3.05) is 6.54 Å². The lowest BCUT2D eigenvalue weighted by atomic mass is 9.80. The molecule has 1 aliphatic heterocycles. The highest BCUT2D eigenvalue weighted by molar-refractivity contribution is 14.1. The van der Waals surface area contributed by atoms with Crippen molar-refractivity contribution in [1.82, 2.24) is 3.11 Å². The summed E-state index contributed by atoms with van der Waals surface area (Å²) >= 11 is 2.57. The minimum absolute atomic E-state index is 0.624. The Morgan fingerprint density at radius 2 is 2.08 bits per heavy atom. The standard InChI is InChI=1S/C11H20IN/c1-2-10-5-8-13(12)11(9-10)6-3-4-7-11/h10H,2-9H2,1H3/t10-/m0/s1. The number of rotatable bonds is 1. The quantitative estimate of drug-likeness (QED) is 0.525. The summed E-state index contributed by atoms with van der Waals surface area (Å²) in [6.07, 6.45) is 10.2. The second-order valence-corrected chi connectivity index (χ2v) is 5.95. The second-order valence-electron chi connectivity index (χ2n) is 4.78. The van der Waals surface area contributed by atoms with Crippen LogP contribution in [0, 0.1) is 5.92 Å². The Labute approximate surface area is 95.8 Å². The van der Waals surface area contributed by atoms with Gasteiger partial charge in [0.1, 0.15) is 0 Å². The molecule has 2 heteroatoms. The van der Waals surface area contributed by atoms with Crippen molar-refractivity contribution >= 4 is 22.9 Å². The van der Waals surface area contributed by atoms with Crippen LogP contribution in [0.2, 0.25) is 0 Å². The van der Waals surface area contributed by atoms with E-state index in [9.17, 15) is 0 Å². The van der Waals surface area contributed by atoms with E-state index < -0.39 is 0 Å². The lowest BCUT2D eigenvalue weighted by Gasteiger charge is -2.44. The van der Waals surface area contributed by atoms with Crippen LogP contribution in [0.5, 0.6) is 0 Å². The van der Waals surface area contributed by atoms with E-state index in [4.69, 9.17) is 0 Å². The molecule has 0 aromatic rings. The maximum atomic E-state index is 2.63. The molecule has 0 bridgehead atoms. The fourth-order valence-corrected chi connectivity index (χ4v) is 4.06. The zero-order valence-corrected chi connectivity index (χ0v) is 10.7. The summed E-state index contributed by atoms with van der Waals surface area (Å²) in [5.41, 5.74) is 0.624. The highest BCUT2D eigenvalue weighted by atomic mass is 127. The lowest BCUT2D eigenvalue weighted by molar-refractivity contribution is 0.123. The molecule has 0 aromatic heterocycles. The van der Waals surface area contributed by atoms with Gasteiger partial charge in [-0.15, -0.1) is 0 Å². The number of nitrogens with zero attached hydrogens (tertiary/aromatic N) is 1. The Morgan fingerprint density at radius 1 is 1.38 bits per heavy atom. The first kappa shape index (κ1) is 10.2. The van der Waals surface area contributed by atoms with E-state index in [0.29, 0.717) is 5.54 Å². The van der Waals surface area contributed by atoms with Gasteiger partial charge < -0.3 is 0 Å². The van der Waals surface area contributed by atoms with Gasteiger partial charge in [-0.2, -0.15) is 0 Å². The van der Waals surface area contributed by atoms with Gasteiger partial charge in [0.05, 0.1) is 0 Å². The number of hydrogen-bond donors (Lipinski definition) is 0. The van der Waals surface area contributed by atoms with Gasteiger partial charge in [-0.25, -0.2) is 3.11 Å². The van der Waals surface area contributed by atoms with Crippen molar-refractivity contribution in [2.45, 2.75) is 57.4 Å². The Bertz CT molecular complexity index is 175. The Hall–Kier alpha value is 0.690. The smallest absolute Gasteiger partial charge is 0.0307 e. The molecule has 1 atom stereocenters. The van der Waals surface area contributed by atoms with Crippen LogP contribution in [-0.2, 0) is 0 Å². The molecule has 0 aromatic carbocycles. The third-order valence-corrected chi connectivity index (χ3v) is 5.53. The van der Waals surface area contributed by atoms with E-state index in [1.165, 1.54) is 51.5 Å². The number of hydrogen-bond acceptors (Lipinski definition) is 1. The summed E-state index contributed by atoms with van der Waals surface area (Å²) in [5, 5.41) is 0. The summed E-state index contributed by atoms with van der Waals surface area (Å²) < 4.78 is 2.63. The summed E-state index contributed by atoms with van der Waals surface area (Å²) in [6, 6.07) is 0. The first-order valence-electron chi connectivity index (χ1n) is 5.70. The van der Waals surface area contributed by atoms with Gasteiger partial charge in [-0.1, -0.05) is 26.2 Å². The molecule has 2 aliphatic rings. The number of piperidine rings is 1. The summed E-state index contributed by atoms with van der Waals surface area (Å²) in [6.45, 7) is 3.69. The summed E-state index contributed by atoms with van der Waals surface area (Å²) in [7, 11) is 0. The maximum absolute atomic E-state index is 2.63. The van der Waals surface area contributed by atoms with E-state index >= 15 is 0 Å². The SMILES string of the molecule is CC[C@H]1CCN(I)C2(CCCC2)C1. The molecule has 76 valence electrons. The van der Waals surface area contributed by atoms with Gasteiger partial charge in [-0.05, 0) is 31.6 Å². The molecule has 0 amide bonds. The third kappa shape index (κ3) is 1.89. The van der Waals surface area contributed by atoms with Crippen LogP contribution < -0.4 is 0 Å². The first-order valence-corrected chi connectivity index (χ1v) is 6.67. The first-order chi connectivity index (χ1) is 6.27. The van der Waals surface area contributed by atoms with E-state index in [1.54, 1.807) is 0 Å². The Morgan fingerprint density at radius 3 is 2.69 bits per heavy atom. The molecular weight excluding hydrogens is 273 g/mol. The predicted octanol–water partition coefficient (Wildman–Crippen LogP) is 3.77. The molecular formula is C11H20IN. The summed E-state index contributed by atoms with van der Waals surface area (Å²) in [4.78, 5) is 0. The molecule has 1 saturated heterocycles. The van der Waals surface area contributed by atoms with Crippen molar-refractivity contribution in [3.8, 4) is 0 Å². The third-order valence-electron chi connectivity index (χ3n) is 4.03. The molecule has 2 rings (SSSR count). The number of halogens is 1. The van der Waals surface area contributed by atoms with Crippen molar-refractivity contribution in [1.29, 1.82) is 0 Å². The van der Waals surface area contributed by atoms with Gasteiger partial charge in [0.15, 0.2) is 0 Å². The van der Waals surface area contributed by atoms with Crippen LogP contribution in [0.1, 0.15) is 51.9 Å². The fraction of sp³-hybridized carbons (Fsp3) is 1.00. The fourth-order valence-electron chi connectivity index (χ4n) is 3.10. The van der Waals surface area contributed by atoms with Crippen LogP contribution in [0.15, 0.2) is 0 Å². The van der Waals surface area contributed by atoms with Gasteiger partial charge in [0.25, 0.3) is 0 Å². The molecule has 1 spiro atoms. The molecule has 1 aliphatic carbocycles. The monoisotopic (exact) mass is 293 g/mol. The average Bonchev–Trinajstić information content (AvgIpc) is 2.60. The molecule has 1 heterocycles. The van der Waals surface area contributed by atoms with Crippen molar-refractivity contribution in [3.05, 3.63) is 0 Å². The topological polar surface area (TPSA) is 3.24 Å². The Balaban J connectivity index is 2.05. The molecule has 13 heavy (non-hydrogen) atoms. The van der Waals surface area contributed by atoms with Crippen LogP contribution in [-0.4, -0.2) is 15.2 Å². The van der Waals surface area contributed by atoms with Crippen molar-refractivity contribution in [2.24, 2.45) is 5.92 Å². The maximum Gasteiger partial charge on any atom is 0.0307 e. The van der Waals surface area contributed by atoms with E-state index in [2.05, 4.69) is 32.9 Å². The highest BCUT2D eigenvalue weighted by Crippen LogP contribution is 2.46. The zero-order chi connectivity index (χ0) is 9.31. The molecule has 0 radical (unpaired) electrons. The second kappa shape index (κ2) is 4.05. The minimum atomic E-state index is 0.624. The van der Waals surface area contributed by atoms with Gasteiger partial charge >= 0.3 is 0 Å². The Kier molecular flexibility index (Phi) is 3.18. The summed E-state index contributed by atoms with van der Waals surface area (Å²) in [5.74, 6) is 1.02. The van der Waals surface area contributed by atoms with Crippen LogP contribution in [0.25, 0.3) is 0 Å². The van der Waals surface area contributed by atoms with E-state index in [-0.39, 0.29) is 0 Å². The molecule has 1 saturated carbocycles. The minimum Gasteiger partial charge on any atom is -0.241 e. The van der Waals surface area contributed by atoms with Crippen LogP contribution in [0.4, 0.5) is 0 Å². The molecule has 1 nitrogen and oxygen atoms in total. The van der Waals surface area contributed by atoms with Crippen LogP contribution in [0.3, 0.4) is 0 Å². The largest absolute Gasteiger partial charge is 0.241 e. The van der Waals surface area contributed by atoms with Gasteiger partial charge in [-0.3, -0.25) is 0 Å². The van der Waals surface area contributed by atoms with Gasteiger partial charge in [0, 0.05) is 34.9 Å². The molecule has 2 fully saturated rings. The van der Waals surface area contributed by atoms with E-state index in [1.807, 2.05) is 0 Å². The highest BCUT2D eigenvalue weighted by Gasteiger charge is 2.42. The lowest BCUT2D eigenvalue weighted by Crippen LogP contribution is -2.46. The van der Waals surface area contributed by atoms with Crippen molar-refractivity contribution in [3.63, 3.8) is 0 Å². The van der Waals surface area contributed by atoms with Gasteiger partial charge in [0.2, 0.25) is 0 Å².